The average Bonchev–Trinajstić information content (AvgIpc) is 2.93. The monoisotopic (exact) mass is 503 g/mol. The number of hydrogen-bond donors (Lipinski definition) is 1. The molecule has 1 aliphatic heterocycles. The molecule has 0 radical (unpaired) electrons. The summed E-state index contributed by atoms with van der Waals surface area (Å²) in [7, 11) is 1.13. The fourth-order valence-electron chi connectivity index (χ4n) is 5.74. The Balaban J connectivity index is 1.42. The summed E-state index contributed by atoms with van der Waals surface area (Å²) in [6, 6.07) is 22.2. The molecule has 192 valence electrons. The van der Waals surface area contributed by atoms with Gasteiger partial charge in [0.05, 0.1) is 7.11 Å². The predicted molar refractivity (Wildman–Crippen MR) is 141 cm³/mol. The highest BCUT2D eigenvalue weighted by Crippen LogP contribution is 2.55. The largest absolute Gasteiger partial charge is 0.489 e. The Kier molecular flexibility index (Phi) is 6.86. The van der Waals surface area contributed by atoms with E-state index >= 15 is 4.39 Å². The molecule has 2 aliphatic rings. The maximum Gasteiger partial charge on any atom is 0.343 e. The number of carbonyl (C=O) groups is 1. The van der Waals surface area contributed by atoms with Gasteiger partial charge in [0.25, 0.3) is 0 Å². The zero-order valence-electron chi connectivity index (χ0n) is 21.3. The molecule has 6 heteroatoms. The van der Waals surface area contributed by atoms with Crippen molar-refractivity contribution in [1.82, 2.24) is 5.32 Å². The number of rotatable bonds is 6. The molecule has 0 fully saturated rings. The zero-order valence-corrected chi connectivity index (χ0v) is 21.3. The van der Waals surface area contributed by atoms with Gasteiger partial charge in [0.15, 0.2) is 0 Å². The second-order valence-corrected chi connectivity index (χ2v) is 10.1. The van der Waals surface area contributed by atoms with E-state index in [4.69, 9.17) is 4.74 Å². The zero-order chi connectivity index (χ0) is 26.2. The molecule has 1 N–H and O–H groups in total. The maximum atomic E-state index is 15.9. The topological polar surface area (TPSA) is 47.6 Å². The minimum Gasteiger partial charge on any atom is -0.489 e. The lowest BCUT2D eigenvalue weighted by Crippen LogP contribution is -2.41. The molecule has 1 heterocycles. The van der Waals surface area contributed by atoms with Crippen LogP contribution in [0.4, 0.5) is 8.78 Å². The van der Waals surface area contributed by atoms with Crippen molar-refractivity contribution >= 4 is 16.7 Å². The lowest BCUT2D eigenvalue weighted by molar-refractivity contribution is -0.136. The van der Waals surface area contributed by atoms with Crippen LogP contribution in [0, 0.1) is 5.41 Å². The Morgan fingerprint density at radius 2 is 1.84 bits per heavy atom. The first-order chi connectivity index (χ1) is 17.8. The quantitative estimate of drug-likeness (QED) is 0.365. The van der Waals surface area contributed by atoms with Gasteiger partial charge >= 0.3 is 5.97 Å². The Morgan fingerprint density at radius 3 is 2.65 bits per heavy atom. The van der Waals surface area contributed by atoms with Crippen molar-refractivity contribution < 1.29 is 23.0 Å². The van der Waals surface area contributed by atoms with E-state index in [9.17, 15) is 9.18 Å². The highest BCUT2D eigenvalue weighted by molar-refractivity contribution is 5.93. The fraction of sp³-hybridized carbons (Fsp3) is 0.323. The SMILES string of the molecule is COC(=O)C1=C(F)C(C)([C@@H]2C[C@H](CN[C@H](C)c3cccc4ccccc34)Oc3ccccc32)CC=C1F. The molecule has 0 saturated heterocycles. The van der Waals surface area contributed by atoms with E-state index in [1.165, 1.54) is 22.4 Å². The average molecular weight is 504 g/mol. The number of para-hydroxylation sites is 1. The van der Waals surface area contributed by atoms with Crippen LogP contribution in [0.5, 0.6) is 5.75 Å². The molecule has 3 aromatic carbocycles. The van der Waals surface area contributed by atoms with Gasteiger partial charge in [-0.15, -0.1) is 0 Å². The number of allylic oxidation sites excluding steroid dienone is 2. The number of halogens is 2. The van der Waals surface area contributed by atoms with Crippen LogP contribution in [0.25, 0.3) is 10.8 Å². The summed E-state index contributed by atoms with van der Waals surface area (Å²) in [5.41, 5.74) is 0.332. The van der Waals surface area contributed by atoms with Crippen LogP contribution in [-0.4, -0.2) is 25.7 Å². The van der Waals surface area contributed by atoms with Gasteiger partial charge < -0.3 is 14.8 Å². The summed E-state index contributed by atoms with van der Waals surface area (Å²) in [5, 5.41) is 5.99. The number of methoxy groups -OCH3 is 1. The summed E-state index contributed by atoms with van der Waals surface area (Å²) in [6.07, 6.45) is 1.71. The Hall–Kier alpha value is -3.51. The van der Waals surface area contributed by atoms with E-state index < -0.39 is 28.6 Å². The summed E-state index contributed by atoms with van der Waals surface area (Å²) >= 11 is 0. The number of fused-ring (bicyclic) bond motifs is 2. The second kappa shape index (κ2) is 10.1. The third-order valence-corrected chi connectivity index (χ3v) is 7.85. The fourth-order valence-corrected chi connectivity index (χ4v) is 5.74. The van der Waals surface area contributed by atoms with Gasteiger partial charge in [-0.2, -0.15) is 0 Å². The summed E-state index contributed by atoms with van der Waals surface area (Å²) in [5.74, 6) is -2.27. The van der Waals surface area contributed by atoms with E-state index in [2.05, 4.69) is 47.3 Å². The lowest BCUT2D eigenvalue weighted by atomic mass is 9.65. The van der Waals surface area contributed by atoms with E-state index in [1.54, 1.807) is 6.92 Å². The third kappa shape index (κ3) is 4.55. The molecule has 0 saturated carbocycles. The van der Waals surface area contributed by atoms with E-state index in [0.29, 0.717) is 18.7 Å². The molecule has 0 aromatic heterocycles. The molecule has 4 atom stereocenters. The van der Waals surface area contributed by atoms with Crippen LogP contribution in [0.2, 0.25) is 0 Å². The van der Waals surface area contributed by atoms with Gasteiger partial charge in [-0.3, -0.25) is 0 Å². The third-order valence-electron chi connectivity index (χ3n) is 7.85. The molecule has 37 heavy (non-hydrogen) atoms. The molecule has 3 aromatic rings. The first kappa shape index (κ1) is 25.2. The predicted octanol–water partition coefficient (Wildman–Crippen LogP) is 7.09. The summed E-state index contributed by atoms with van der Waals surface area (Å²) < 4.78 is 41.5. The maximum absolute atomic E-state index is 15.9. The lowest BCUT2D eigenvalue weighted by Gasteiger charge is -2.43. The van der Waals surface area contributed by atoms with E-state index in [0.717, 1.165) is 12.7 Å². The first-order valence-corrected chi connectivity index (χ1v) is 12.6. The number of hydrogen-bond acceptors (Lipinski definition) is 4. The highest BCUT2D eigenvalue weighted by Gasteiger charge is 2.48. The van der Waals surface area contributed by atoms with Crippen LogP contribution in [0.3, 0.4) is 0 Å². The Labute approximate surface area is 216 Å². The van der Waals surface area contributed by atoms with Crippen LogP contribution >= 0.6 is 0 Å². The van der Waals surface area contributed by atoms with Crippen LogP contribution in [0.15, 0.2) is 90.0 Å². The van der Waals surface area contributed by atoms with Crippen LogP contribution < -0.4 is 10.1 Å². The normalized spacial score (nSPS) is 24.2. The second-order valence-electron chi connectivity index (χ2n) is 10.1. The van der Waals surface area contributed by atoms with Crippen LogP contribution in [-0.2, 0) is 9.53 Å². The Morgan fingerprint density at radius 1 is 1.11 bits per heavy atom. The van der Waals surface area contributed by atoms with Crippen LogP contribution in [0.1, 0.15) is 49.8 Å². The minimum absolute atomic E-state index is 0.0650. The van der Waals surface area contributed by atoms with Crippen molar-refractivity contribution in [1.29, 1.82) is 0 Å². The molecule has 0 bridgehead atoms. The molecular formula is C31H31F2NO3. The number of carbonyl (C=O) groups excluding carboxylic acids is 1. The van der Waals surface area contributed by atoms with Gasteiger partial charge in [-0.25, -0.2) is 13.6 Å². The standard InChI is InChI=1S/C31H31F2NO3/c1-19(22-13-8-10-20-9-4-5-11-23(20)22)34-18-21-17-25(24-12-6-7-14-27(24)37-21)31(2)16-15-26(32)28(29(31)33)30(35)36-3/h4-15,19,21,25,34H,16-18H2,1-3H3/t19-,21-,25-,31?/m1/s1. The minimum atomic E-state index is -1.11. The van der Waals surface area contributed by atoms with Crippen molar-refractivity contribution in [2.75, 3.05) is 13.7 Å². The van der Waals surface area contributed by atoms with Gasteiger partial charge in [-0.05, 0) is 53.8 Å². The summed E-state index contributed by atoms with van der Waals surface area (Å²) in [6.45, 7) is 4.42. The van der Waals surface area contributed by atoms with Gasteiger partial charge in [-0.1, -0.05) is 67.6 Å². The number of benzene rings is 3. The van der Waals surface area contributed by atoms with Gasteiger partial charge in [0.2, 0.25) is 0 Å². The van der Waals surface area contributed by atoms with E-state index in [-0.39, 0.29) is 24.5 Å². The van der Waals surface area contributed by atoms with E-state index in [1.807, 2.05) is 36.4 Å². The first-order valence-electron chi connectivity index (χ1n) is 12.6. The number of ether oxygens (including phenoxy) is 2. The van der Waals surface area contributed by atoms with Crippen molar-refractivity contribution in [3.63, 3.8) is 0 Å². The van der Waals surface area contributed by atoms with Crippen molar-refractivity contribution in [2.24, 2.45) is 5.41 Å². The van der Waals surface area contributed by atoms with Gasteiger partial charge in [0.1, 0.15) is 29.1 Å². The molecule has 0 amide bonds. The summed E-state index contributed by atoms with van der Waals surface area (Å²) in [4.78, 5) is 12.2. The smallest absolute Gasteiger partial charge is 0.343 e. The molecule has 1 aliphatic carbocycles. The Bertz CT molecular complexity index is 1390. The molecule has 1 unspecified atom stereocenters. The molecule has 4 nitrogen and oxygen atoms in total. The van der Waals surface area contributed by atoms with Crippen molar-refractivity contribution in [3.8, 4) is 5.75 Å². The molecule has 5 rings (SSSR count). The molecular weight excluding hydrogens is 472 g/mol. The van der Waals surface area contributed by atoms with Gasteiger partial charge in [0, 0.05) is 23.9 Å². The highest BCUT2D eigenvalue weighted by atomic mass is 19.1. The molecule has 0 spiro atoms. The van der Waals surface area contributed by atoms with Crippen molar-refractivity contribution in [3.05, 3.63) is 101 Å². The number of nitrogens with one attached hydrogen (secondary N) is 1. The number of esters is 1. The van der Waals surface area contributed by atoms with Crippen molar-refractivity contribution in [2.45, 2.75) is 44.8 Å².